The van der Waals surface area contributed by atoms with Gasteiger partial charge >= 0.3 is 0 Å². The van der Waals surface area contributed by atoms with E-state index in [2.05, 4.69) is 0 Å². The minimum atomic E-state index is -1.33. The van der Waals surface area contributed by atoms with Crippen LogP contribution in [-0.4, -0.2) is 11.7 Å². The summed E-state index contributed by atoms with van der Waals surface area (Å²) in [6.45, 7) is 0. The summed E-state index contributed by atoms with van der Waals surface area (Å²) < 4.78 is 28.0. The molecule has 0 radical (unpaired) electrons. The second-order valence-electron chi connectivity index (χ2n) is 4.90. The van der Waals surface area contributed by atoms with E-state index in [9.17, 15) is 8.78 Å². The van der Waals surface area contributed by atoms with Crippen LogP contribution in [0.5, 0.6) is 0 Å². The smallest absolute Gasteiger partial charge is 0.126 e. The van der Waals surface area contributed by atoms with Gasteiger partial charge in [0.05, 0.1) is 0 Å². The lowest BCUT2D eigenvalue weighted by Gasteiger charge is -2.32. The molecule has 0 spiro atoms. The second-order valence-corrected chi connectivity index (χ2v) is 5.34. The third-order valence-electron chi connectivity index (χ3n) is 3.44. The van der Waals surface area contributed by atoms with Crippen LogP contribution < -0.4 is 5.73 Å². The summed E-state index contributed by atoms with van der Waals surface area (Å²) in [5.74, 6) is -0.388. The van der Waals surface area contributed by atoms with Crippen molar-refractivity contribution in [3.63, 3.8) is 0 Å². The van der Waals surface area contributed by atoms with Gasteiger partial charge in [0.2, 0.25) is 0 Å². The van der Waals surface area contributed by atoms with Crippen LogP contribution in [0.15, 0.2) is 18.2 Å². The predicted octanol–water partition coefficient (Wildman–Crippen LogP) is 3.63. The molecule has 1 fully saturated rings. The number of hydrogen-bond acceptors (Lipinski definition) is 1. The summed E-state index contributed by atoms with van der Waals surface area (Å²) in [6.07, 6.45) is 2.23. The van der Waals surface area contributed by atoms with Crippen LogP contribution in [0.4, 0.5) is 8.78 Å². The highest BCUT2D eigenvalue weighted by molar-refractivity contribution is 6.30. The highest BCUT2D eigenvalue weighted by atomic mass is 35.5. The molecular weight excluding hydrogens is 244 g/mol. The molecule has 0 heterocycles. The molecule has 1 aromatic carbocycles. The van der Waals surface area contributed by atoms with Crippen LogP contribution in [-0.2, 0) is 6.42 Å². The highest BCUT2D eigenvalue weighted by Gasteiger charge is 2.35. The van der Waals surface area contributed by atoms with Crippen LogP contribution in [0.3, 0.4) is 0 Å². The van der Waals surface area contributed by atoms with Gasteiger partial charge in [-0.1, -0.05) is 11.6 Å². The molecule has 0 bridgehead atoms. The molecule has 0 aliphatic heterocycles. The lowest BCUT2D eigenvalue weighted by molar-refractivity contribution is 0.0984. The van der Waals surface area contributed by atoms with E-state index in [1.54, 1.807) is 0 Å². The fourth-order valence-electron chi connectivity index (χ4n) is 2.35. The molecule has 2 rings (SSSR count). The average Bonchev–Trinajstić information content (AvgIpc) is 2.28. The van der Waals surface area contributed by atoms with Crippen molar-refractivity contribution in [3.05, 3.63) is 34.6 Å². The minimum Gasteiger partial charge on any atom is -0.328 e. The predicted molar refractivity (Wildman–Crippen MR) is 65.4 cm³/mol. The number of hydrogen-bond donors (Lipinski definition) is 1. The van der Waals surface area contributed by atoms with Crippen molar-refractivity contribution in [2.45, 2.75) is 43.8 Å². The lowest BCUT2D eigenvalue weighted by Crippen LogP contribution is -2.37. The molecule has 0 amide bonds. The Labute approximate surface area is 105 Å². The molecule has 0 atom stereocenters. The van der Waals surface area contributed by atoms with Crippen LogP contribution in [0, 0.1) is 5.82 Å². The number of halogens is 3. The van der Waals surface area contributed by atoms with Gasteiger partial charge in [0, 0.05) is 17.5 Å². The van der Waals surface area contributed by atoms with Crippen molar-refractivity contribution < 1.29 is 8.78 Å². The first kappa shape index (κ1) is 12.8. The van der Waals surface area contributed by atoms with Crippen molar-refractivity contribution in [1.29, 1.82) is 0 Å². The lowest BCUT2D eigenvalue weighted by atomic mass is 9.80. The van der Waals surface area contributed by atoms with E-state index in [-0.39, 0.29) is 18.3 Å². The monoisotopic (exact) mass is 259 g/mol. The van der Waals surface area contributed by atoms with Gasteiger partial charge in [-0.25, -0.2) is 8.78 Å². The Morgan fingerprint density at radius 3 is 2.65 bits per heavy atom. The Morgan fingerprint density at radius 2 is 2.00 bits per heavy atom. The van der Waals surface area contributed by atoms with E-state index >= 15 is 0 Å². The first-order chi connectivity index (χ1) is 7.98. The zero-order valence-electron chi connectivity index (χ0n) is 9.56. The van der Waals surface area contributed by atoms with E-state index in [1.807, 2.05) is 0 Å². The topological polar surface area (TPSA) is 26.0 Å². The molecule has 1 saturated carbocycles. The van der Waals surface area contributed by atoms with Crippen molar-refractivity contribution in [3.8, 4) is 0 Å². The first-order valence-electron chi connectivity index (χ1n) is 5.87. The summed E-state index contributed by atoms with van der Waals surface area (Å²) in [6, 6.07) is 4.35. The Kier molecular flexibility index (Phi) is 3.69. The fraction of sp³-hybridized carbons (Fsp3) is 0.538. The summed E-state index contributed by atoms with van der Waals surface area (Å²) in [4.78, 5) is 0. The van der Waals surface area contributed by atoms with E-state index in [1.165, 1.54) is 18.2 Å². The average molecular weight is 260 g/mol. The molecule has 1 nitrogen and oxygen atoms in total. The highest BCUT2D eigenvalue weighted by Crippen LogP contribution is 2.35. The molecule has 0 aromatic heterocycles. The van der Waals surface area contributed by atoms with Crippen LogP contribution in [0.2, 0.25) is 5.02 Å². The summed E-state index contributed by atoms with van der Waals surface area (Å²) in [5.41, 5.74) is 4.77. The molecule has 0 saturated heterocycles. The van der Waals surface area contributed by atoms with Gasteiger partial charge in [-0.2, -0.15) is 0 Å². The third kappa shape index (κ3) is 3.17. The quantitative estimate of drug-likeness (QED) is 0.862. The number of benzene rings is 1. The maximum atomic E-state index is 14.5. The van der Waals surface area contributed by atoms with Gasteiger partial charge in [-0.05, 0) is 49.4 Å². The van der Waals surface area contributed by atoms with E-state index in [0.29, 0.717) is 36.3 Å². The SMILES string of the molecule is NC1CCC(F)(Cc2cc(Cl)ccc2F)CC1. The molecule has 1 aromatic rings. The maximum Gasteiger partial charge on any atom is 0.126 e. The van der Waals surface area contributed by atoms with Crippen molar-refractivity contribution in [2.24, 2.45) is 5.73 Å². The van der Waals surface area contributed by atoms with Gasteiger partial charge < -0.3 is 5.73 Å². The molecule has 1 aliphatic carbocycles. The summed E-state index contributed by atoms with van der Waals surface area (Å²) in [7, 11) is 0. The standard InChI is InChI=1S/C13H16ClF2N/c14-10-1-2-12(15)9(7-10)8-13(16)5-3-11(17)4-6-13/h1-2,7,11H,3-6,8,17H2. The van der Waals surface area contributed by atoms with Crippen LogP contribution in [0.1, 0.15) is 31.2 Å². The molecule has 4 heteroatoms. The molecule has 2 N–H and O–H groups in total. The zero-order valence-corrected chi connectivity index (χ0v) is 10.3. The second kappa shape index (κ2) is 4.91. The van der Waals surface area contributed by atoms with Crippen molar-refractivity contribution >= 4 is 11.6 Å². The minimum absolute atomic E-state index is 0.0862. The molecular formula is C13H16ClF2N. The molecule has 0 unspecified atom stereocenters. The van der Waals surface area contributed by atoms with Crippen LogP contribution in [0.25, 0.3) is 0 Å². The van der Waals surface area contributed by atoms with Gasteiger partial charge in [0.25, 0.3) is 0 Å². The maximum absolute atomic E-state index is 14.5. The number of nitrogens with two attached hydrogens (primary N) is 1. The van der Waals surface area contributed by atoms with Gasteiger partial charge in [-0.3, -0.25) is 0 Å². The Hall–Kier alpha value is -0.670. The Morgan fingerprint density at radius 1 is 1.35 bits per heavy atom. The Balaban J connectivity index is 2.12. The summed E-state index contributed by atoms with van der Waals surface area (Å²) in [5, 5.41) is 0.442. The van der Waals surface area contributed by atoms with Crippen molar-refractivity contribution in [1.82, 2.24) is 0 Å². The van der Waals surface area contributed by atoms with Gasteiger partial charge in [-0.15, -0.1) is 0 Å². The van der Waals surface area contributed by atoms with Gasteiger partial charge in [0.15, 0.2) is 0 Å². The van der Waals surface area contributed by atoms with E-state index in [4.69, 9.17) is 17.3 Å². The molecule has 17 heavy (non-hydrogen) atoms. The van der Waals surface area contributed by atoms with E-state index in [0.717, 1.165) is 0 Å². The summed E-state index contributed by atoms with van der Waals surface area (Å²) >= 11 is 5.79. The normalized spacial score (nSPS) is 29.3. The van der Waals surface area contributed by atoms with E-state index < -0.39 is 5.67 Å². The molecule has 94 valence electrons. The van der Waals surface area contributed by atoms with Crippen molar-refractivity contribution in [2.75, 3.05) is 0 Å². The van der Waals surface area contributed by atoms with Crippen LogP contribution >= 0.6 is 11.6 Å². The Bertz CT molecular complexity index is 400. The fourth-order valence-corrected chi connectivity index (χ4v) is 2.55. The molecule has 1 aliphatic rings. The number of alkyl halides is 1. The van der Waals surface area contributed by atoms with Gasteiger partial charge in [0.1, 0.15) is 11.5 Å². The number of rotatable bonds is 2. The largest absolute Gasteiger partial charge is 0.328 e. The third-order valence-corrected chi connectivity index (χ3v) is 3.68. The zero-order chi connectivity index (χ0) is 12.5. The first-order valence-corrected chi connectivity index (χ1v) is 6.25.